The molecule has 0 spiro atoms. The van der Waals surface area contributed by atoms with Gasteiger partial charge in [-0.05, 0) is 25.1 Å². The second-order valence-electron chi connectivity index (χ2n) is 4.22. The van der Waals surface area contributed by atoms with Crippen molar-refractivity contribution in [2.45, 2.75) is 6.92 Å². The highest BCUT2D eigenvalue weighted by atomic mass is 35.5. The quantitative estimate of drug-likeness (QED) is 0.945. The minimum Gasteiger partial charge on any atom is -0.382 e. The molecule has 0 unspecified atom stereocenters. The third kappa shape index (κ3) is 2.40. The van der Waals surface area contributed by atoms with Crippen molar-refractivity contribution >= 4 is 34.8 Å². The number of aromatic nitrogens is 2. The van der Waals surface area contributed by atoms with Crippen LogP contribution in [0.5, 0.6) is 0 Å². The Morgan fingerprint density at radius 1 is 1.40 bits per heavy atom. The average molecular weight is 310 g/mol. The molecule has 1 heterocycles. The van der Waals surface area contributed by atoms with E-state index in [1.54, 1.807) is 18.2 Å². The van der Waals surface area contributed by atoms with Gasteiger partial charge >= 0.3 is 0 Å². The summed E-state index contributed by atoms with van der Waals surface area (Å²) in [6.45, 7) is 2.68. The van der Waals surface area contributed by atoms with Crippen LogP contribution in [0.25, 0.3) is 5.69 Å². The Morgan fingerprint density at radius 2 is 2.10 bits per heavy atom. The standard InChI is InChI=1S/C13H13Cl2N5/c1-3-19(2)13-9(7-16)12(17)20(18-13)8-4-5-10(14)11(15)6-8/h4-6H,3,17H2,1-2H3. The smallest absolute Gasteiger partial charge is 0.171 e. The summed E-state index contributed by atoms with van der Waals surface area (Å²) in [6.07, 6.45) is 0. The minimum absolute atomic E-state index is 0.279. The fourth-order valence-electron chi connectivity index (χ4n) is 1.76. The Labute approximate surface area is 127 Å². The van der Waals surface area contributed by atoms with Crippen LogP contribution in [0.2, 0.25) is 10.0 Å². The van der Waals surface area contributed by atoms with E-state index < -0.39 is 0 Å². The van der Waals surface area contributed by atoms with Crippen molar-refractivity contribution in [3.05, 3.63) is 33.8 Å². The summed E-state index contributed by atoms with van der Waals surface area (Å²) in [5.41, 5.74) is 7.01. The first kappa shape index (κ1) is 14.5. The number of halogens is 2. The number of nitriles is 1. The summed E-state index contributed by atoms with van der Waals surface area (Å²) in [6, 6.07) is 7.15. The molecule has 20 heavy (non-hydrogen) atoms. The molecule has 0 bridgehead atoms. The first-order valence-electron chi connectivity index (χ1n) is 5.94. The maximum Gasteiger partial charge on any atom is 0.171 e. The Balaban J connectivity index is 2.61. The van der Waals surface area contributed by atoms with E-state index in [2.05, 4.69) is 11.2 Å². The second-order valence-corrected chi connectivity index (χ2v) is 5.03. The van der Waals surface area contributed by atoms with Gasteiger partial charge in [0.05, 0.1) is 15.7 Å². The van der Waals surface area contributed by atoms with Crippen LogP contribution in [-0.4, -0.2) is 23.4 Å². The van der Waals surface area contributed by atoms with Crippen molar-refractivity contribution in [2.75, 3.05) is 24.2 Å². The SMILES string of the molecule is CCN(C)c1nn(-c2ccc(Cl)c(Cl)c2)c(N)c1C#N. The number of nitrogen functional groups attached to an aromatic ring is 1. The number of anilines is 2. The van der Waals surface area contributed by atoms with Gasteiger partial charge in [-0.3, -0.25) is 0 Å². The first-order chi connectivity index (χ1) is 9.49. The summed E-state index contributed by atoms with van der Waals surface area (Å²) < 4.78 is 1.49. The normalized spacial score (nSPS) is 10.3. The molecule has 2 aromatic rings. The molecule has 2 rings (SSSR count). The zero-order chi connectivity index (χ0) is 14.9. The molecule has 1 aromatic carbocycles. The van der Waals surface area contributed by atoms with Gasteiger partial charge < -0.3 is 10.6 Å². The van der Waals surface area contributed by atoms with Crippen LogP contribution in [0.15, 0.2) is 18.2 Å². The summed E-state index contributed by atoms with van der Waals surface area (Å²) in [4.78, 5) is 1.85. The number of benzene rings is 1. The molecule has 104 valence electrons. The predicted octanol–water partition coefficient (Wildman–Crippen LogP) is 3.09. The first-order valence-corrected chi connectivity index (χ1v) is 6.70. The van der Waals surface area contributed by atoms with Crippen LogP contribution in [0, 0.1) is 11.3 Å². The fraction of sp³-hybridized carbons (Fsp3) is 0.231. The number of nitrogens with zero attached hydrogens (tertiary/aromatic N) is 4. The molecular formula is C13H13Cl2N5. The van der Waals surface area contributed by atoms with Crippen LogP contribution in [0.1, 0.15) is 12.5 Å². The van der Waals surface area contributed by atoms with Gasteiger partial charge in [0.15, 0.2) is 5.82 Å². The van der Waals surface area contributed by atoms with Gasteiger partial charge in [-0.2, -0.15) is 5.26 Å². The third-order valence-electron chi connectivity index (χ3n) is 3.00. The molecule has 0 atom stereocenters. The van der Waals surface area contributed by atoms with Crippen LogP contribution < -0.4 is 10.6 Å². The van der Waals surface area contributed by atoms with Crippen molar-refractivity contribution in [3.63, 3.8) is 0 Å². The molecule has 2 N–H and O–H groups in total. The highest BCUT2D eigenvalue weighted by molar-refractivity contribution is 6.42. The minimum atomic E-state index is 0.279. The summed E-state index contributed by atoms with van der Waals surface area (Å²) in [5.74, 6) is 0.819. The van der Waals surface area contributed by atoms with Gasteiger partial charge in [-0.25, -0.2) is 4.68 Å². The van der Waals surface area contributed by atoms with E-state index in [1.807, 2.05) is 18.9 Å². The summed E-state index contributed by atoms with van der Waals surface area (Å²) >= 11 is 11.9. The fourth-order valence-corrected chi connectivity index (χ4v) is 2.05. The van der Waals surface area contributed by atoms with Crippen LogP contribution in [-0.2, 0) is 0 Å². The van der Waals surface area contributed by atoms with Gasteiger partial charge in [0.1, 0.15) is 17.5 Å². The van der Waals surface area contributed by atoms with Crippen molar-refractivity contribution in [1.29, 1.82) is 5.26 Å². The summed E-state index contributed by atoms with van der Waals surface area (Å²) in [7, 11) is 1.85. The molecule has 0 fully saturated rings. The zero-order valence-corrected chi connectivity index (χ0v) is 12.6. The highest BCUT2D eigenvalue weighted by Crippen LogP contribution is 2.29. The van der Waals surface area contributed by atoms with Crippen molar-refractivity contribution in [1.82, 2.24) is 9.78 Å². The molecule has 5 nitrogen and oxygen atoms in total. The van der Waals surface area contributed by atoms with Crippen LogP contribution >= 0.6 is 23.2 Å². The molecule has 0 aliphatic heterocycles. The van der Waals surface area contributed by atoms with E-state index in [9.17, 15) is 5.26 Å². The lowest BCUT2D eigenvalue weighted by Crippen LogP contribution is -2.17. The van der Waals surface area contributed by atoms with E-state index in [4.69, 9.17) is 28.9 Å². The van der Waals surface area contributed by atoms with Crippen molar-refractivity contribution < 1.29 is 0 Å². The molecule has 0 aliphatic rings. The van der Waals surface area contributed by atoms with Crippen molar-refractivity contribution in [3.8, 4) is 11.8 Å². The molecule has 7 heteroatoms. The predicted molar refractivity (Wildman–Crippen MR) is 81.7 cm³/mol. The van der Waals surface area contributed by atoms with Crippen LogP contribution in [0.4, 0.5) is 11.6 Å². The van der Waals surface area contributed by atoms with E-state index >= 15 is 0 Å². The maximum absolute atomic E-state index is 9.25. The van der Waals surface area contributed by atoms with Crippen LogP contribution in [0.3, 0.4) is 0 Å². The molecule has 0 amide bonds. The Bertz CT molecular complexity index is 687. The molecule has 0 radical (unpaired) electrons. The zero-order valence-electron chi connectivity index (χ0n) is 11.1. The monoisotopic (exact) mass is 309 g/mol. The lowest BCUT2D eigenvalue weighted by Gasteiger charge is -2.12. The summed E-state index contributed by atoms with van der Waals surface area (Å²) in [5, 5.41) is 14.5. The van der Waals surface area contributed by atoms with Gasteiger partial charge in [0, 0.05) is 13.6 Å². The van der Waals surface area contributed by atoms with Gasteiger partial charge in [-0.15, -0.1) is 5.10 Å². The average Bonchev–Trinajstić information content (AvgIpc) is 2.78. The Kier molecular flexibility index (Phi) is 4.07. The maximum atomic E-state index is 9.25. The molecule has 1 aromatic heterocycles. The van der Waals surface area contributed by atoms with Crippen molar-refractivity contribution in [2.24, 2.45) is 0 Å². The Morgan fingerprint density at radius 3 is 2.65 bits per heavy atom. The van der Waals surface area contributed by atoms with Gasteiger partial charge in [-0.1, -0.05) is 23.2 Å². The van der Waals surface area contributed by atoms with E-state index in [0.717, 1.165) is 0 Å². The lowest BCUT2D eigenvalue weighted by atomic mass is 10.3. The van der Waals surface area contributed by atoms with Gasteiger partial charge in [0.2, 0.25) is 0 Å². The topological polar surface area (TPSA) is 70.9 Å². The molecular weight excluding hydrogens is 297 g/mol. The van der Waals surface area contributed by atoms with E-state index in [1.165, 1.54) is 4.68 Å². The van der Waals surface area contributed by atoms with E-state index in [-0.39, 0.29) is 5.82 Å². The second kappa shape index (κ2) is 5.61. The highest BCUT2D eigenvalue weighted by Gasteiger charge is 2.19. The third-order valence-corrected chi connectivity index (χ3v) is 3.74. The molecule has 0 aliphatic carbocycles. The number of hydrogen-bond acceptors (Lipinski definition) is 4. The molecule has 0 saturated heterocycles. The van der Waals surface area contributed by atoms with Gasteiger partial charge in [0.25, 0.3) is 0 Å². The van der Waals surface area contributed by atoms with E-state index in [0.29, 0.717) is 33.7 Å². The lowest BCUT2D eigenvalue weighted by molar-refractivity contribution is 0.852. The Hall–Kier alpha value is -1.90. The number of rotatable bonds is 3. The number of hydrogen-bond donors (Lipinski definition) is 1. The largest absolute Gasteiger partial charge is 0.382 e. The molecule has 0 saturated carbocycles. The number of nitrogens with two attached hydrogens (primary N) is 1.